The van der Waals surface area contributed by atoms with Gasteiger partial charge in [0.25, 0.3) is 6.47 Å². The highest BCUT2D eigenvalue weighted by molar-refractivity contribution is 6.28. The number of hydrogen-bond acceptors (Lipinski definition) is 5. The van der Waals surface area contributed by atoms with Gasteiger partial charge in [-0.25, -0.2) is 4.98 Å². The molecule has 1 aliphatic carbocycles. The largest absolute Gasteiger partial charge is 0.468 e. The summed E-state index contributed by atoms with van der Waals surface area (Å²) in [6.07, 6.45) is 5.12. The number of fused-ring (bicyclic) bond motifs is 2. The van der Waals surface area contributed by atoms with E-state index in [0.29, 0.717) is 35.3 Å². The molecule has 4 rings (SSSR count). The molecule has 1 aliphatic rings. The van der Waals surface area contributed by atoms with Crippen molar-refractivity contribution in [1.29, 1.82) is 0 Å². The SMILES string of the molecule is CCOC=O.O=C1c2ccccc2C(=O)c2cc(-n3ccnc3)ccc21. The van der Waals surface area contributed by atoms with Gasteiger partial charge in [0.15, 0.2) is 11.6 Å². The molecule has 6 heteroatoms. The van der Waals surface area contributed by atoms with Crippen LogP contribution < -0.4 is 0 Å². The van der Waals surface area contributed by atoms with Gasteiger partial charge in [-0.3, -0.25) is 14.4 Å². The summed E-state index contributed by atoms with van der Waals surface area (Å²) in [5.41, 5.74) is 2.67. The van der Waals surface area contributed by atoms with Crippen LogP contribution in [-0.2, 0) is 9.53 Å². The second-order valence-corrected chi connectivity index (χ2v) is 5.46. The van der Waals surface area contributed by atoms with Crippen LogP contribution in [0, 0.1) is 0 Å². The van der Waals surface area contributed by atoms with Crippen molar-refractivity contribution < 1.29 is 19.1 Å². The van der Waals surface area contributed by atoms with Crippen LogP contribution in [0.1, 0.15) is 38.8 Å². The molecular formula is C20H16N2O4. The van der Waals surface area contributed by atoms with E-state index in [1.54, 1.807) is 66.6 Å². The molecule has 0 bridgehead atoms. The third-order valence-corrected chi connectivity index (χ3v) is 3.95. The zero-order chi connectivity index (χ0) is 18.5. The molecule has 130 valence electrons. The van der Waals surface area contributed by atoms with Crippen molar-refractivity contribution in [2.75, 3.05) is 6.61 Å². The second-order valence-electron chi connectivity index (χ2n) is 5.46. The Morgan fingerprint density at radius 2 is 1.65 bits per heavy atom. The Bertz CT molecular complexity index is 962. The van der Waals surface area contributed by atoms with Crippen LogP contribution in [0.25, 0.3) is 5.69 Å². The first-order valence-corrected chi connectivity index (χ1v) is 8.03. The Labute approximate surface area is 150 Å². The predicted molar refractivity (Wildman–Crippen MR) is 94.6 cm³/mol. The molecule has 0 fully saturated rings. The van der Waals surface area contributed by atoms with Gasteiger partial charge in [0.05, 0.1) is 12.9 Å². The summed E-state index contributed by atoms with van der Waals surface area (Å²) in [4.78, 5) is 38.3. The lowest BCUT2D eigenvalue weighted by Gasteiger charge is -2.18. The van der Waals surface area contributed by atoms with Gasteiger partial charge in [-0.05, 0) is 25.1 Å². The number of ether oxygens (including phenoxy) is 1. The smallest absolute Gasteiger partial charge is 0.293 e. The number of imidazole rings is 1. The van der Waals surface area contributed by atoms with Crippen molar-refractivity contribution in [2.45, 2.75) is 6.92 Å². The van der Waals surface area contributed by atoms with E-state index >= 15 is 0 Å². The molecule has 1 aromatic heterocycles. The fourth-order valence-corrected chi connectivity index (χ4v) is 2.73. The molecule has 0 amide bonds. The predicted octanol–water partition coefficient (Wildman–Crippen LogP) is 2.83. The van der Waals surface area contributed by atoms with E-state index in [-0.39, 0.29) is 11.6 Å². The quantitative estimate of drug-likeness (QED) is 0.532. The van der Waals surface area contributed by atoms with E-state index in [1.165, 1.54) is 0 Å². The summed E-state index contributed by atoms with van der Waals surface area (Å²) < 4.78 is 5.96. The molecule has 0 saturated heterocycles. The maximum absolute atomic E-state index is 12.6. The average molecular weight is 348 g/mol. The molecule has 1 heterocycles. The van der Waals surface area contributed by atoms with Crippen molar-refractivity contribution in [3.05, 3.63) is 83.4 Å². The number of benzene rings is 2. The fourth-order valence-electron chi connectivity index (χ4n) is 2.73. The van der Waals surface area contributed by atoms with Gasteiger partial charge in [-0.15, -0.1) is 0 Å². The van der Waals surface area contributed by atoms with Gasteiger partial charge >= 0.3 is 0 Å². The van der Waals surface area contributed by atoms with Crippen LogP contribution in [0.4, 0.5) is 0 Å². The molecule has 0 unspecified atom stereocenters. The van der Waals surface area contributed by atoms with E-state index in [9.17, 15) is 14.4 Å². The lowest BCUT2D eigenvalue weighted by molar-refractivity contribution is -0.128. The van der Waals surface area contributed by atoms with Crippen LogP contribution in [0.3, 0.4) is 0 Å². The summed E-state index contributed by atoms with van der Waals surface area (Å²) in [6, 6.07) is 12.2. The monoisotopic (exact) mass is 348 g/mol. The number of carbonyl (C=O) groups excluding carboxylic acids is 3. The number of nitrogens with zero attached hydrogens (tertiary/aromatic N) is 2. The maximum atomic E-state index is 12.6. The third kappa shape index (κ3) is 3.17. The van der Waals surface area contributed by atoms with Crippen LogP contribution in [0.15, 0.2) is 61.2 Å². The van der Waals surface area contributed by atoms with Crippen molar-refractivity contribution in [2.24, 2.45) is 0 Å². The molecule has 0 spiro atoms. The van der Waals surface area contributed by atoms with Gasteiger partial charge in [0.1, 0.15) is 0 Å². The minimum Gasteiger partial charge on any atom is -0.468 e. The first-order chi connectivity index (χ1) is 12.7. The molecule has 6 nitrogen and oxygen atoms in total. The van der Waals surface area contributed by atoms with Crippen molar-refractivity contribution in [3.63, 3.8) is 0 Å². The topological polar surface area (TPSA) is 78.3 Å². The van der Waals surface area contributed by atoms with Gasteiger partial charge in [0, 0.05) is 40.3 Å². The summed E-state index contributed by atoms with van der Waals surface area (Å²) in [7, 11) is 0. The molecule has 0 N–H and O–H groups in total. The van der Waals surface area contributed by atoms with E-state index in [2.05, 4.69) is 9.72 Å². The molecule has 3 aromatic rings. The Morgan fingerprint density at radius 1 is 1.00 bits per heavy atom. The minimum atomic E-state index is -0.109. The Morgan fingerprint density at radius 3 is 2.19 bits per heavy atom. The van der Waals surface area contributed by atoms with Crippen LogP contribution in [0.5, 0.6) is 0 Å². The second kappa shape index (κ2) is 7.57. The first-order valence-electron chi connectivity index (χ1n) is 8.03. The van der Waals surface area contributed by atoms with Crippen molar-refractivity contribution in [3.8, 4) is 5.69 Å². The lowest BCUT2D eigenvalue weighted by Crippen LogP contribution is -2.21. The normalized spacial score (nSPS) is 11.7. The average Bonchev–Trinajstić information content (AvgIpc) is 3.22. The summed E-state index contributed by atoms with van der Waals surface area (Å²) >= 11 is 0. The highest BCUT2D eigenvalue weighted by Crippen LogP contribution is 2.28. The van der Waals surface area contributed by atoms with Gasteiger partial charge < -0.3 is 9.30 Å². The Kier molecular flexibility index (Phi) is 5.03. The molecule has 0 saturated carbocycles. The van der Waals surface area contributed by atoms with Crippen LogP contribution in [0.2, 0.25) is 0 Å². The maximum Gasteiger partial charge on any atom is 0.293 e. The number of aromatic nitrogens is 2. The van der Waals surface area contributed by atoms with E-state index in [0.717, 1.165) is 5.69 Å². The summed E-state index contributed by atoms with van der Waals surface area (Å²) in [6.45, 7) is 2.66. The molecular weight excluding hydrogens is 332 g/mol. The summed E-state index contributed by atoms with van der Waals surface area (Å²) in [5, 5.41) is 0. The van der Waals surface area contributed by atoms with Crippen LogP contribution >= 0.6 is 0 Å². The zero-order valence-electron chi connectivity index (χ0n) is 14.1. The first kappa shape index (κ1) is 17.3. The Hall–Kier alpha value is -3.54. The van der Waals surface area contributed by atoms with Gasteiger partial charge in [-0.2, -0.15) is 0 Å². The molecule has 2 aromatic carbocycles. The minimum absolute atomic E-state index is 0.0996. The molecule has 0 radical (unpaired) electrons. The lowest BCUT2D eigenvalue weighted by atomic mass is 9.84. The highest BCUT2D eigenvalue weighted by atomic mass is 16.5. The van der Waals surface area contributed by atoms with Crippen molar-refractivity contribution >= 4 is 18.0 Å². The molecule has 26 heavy (non-hydrogen) atoms. The number of carbonyl (C=O) groups is 3. The number of ketones is 2. The summed E-state index contributed by atoms with van der Waals surface area (Å²) in [5.74, 6) is -0.209. The van der Waals surface area contributed by atoms with E-state index < -0.39 is 0 Å². The number of hydrogen-bond donors (Lipinski definition) is 0. The van der Waals surface area contributed by atoms with Gasteiger partial charge in [-0.1, -0.05) is 24.3 Å². The molecule has 0 aliphatic heterocycles. The zero-order valence-corrected chi connectivity index (χ0v) is 14.1. The third-order valence-electron chi connectivity index (χ3n) is 3.95. The Balaban J connectivity index is 0.000000349. The van der Waals surface area contributed by atoms with E-state index in [4.69, 9.17) is 0 Å². The standard InChI is InChI=1S/C17H10N2O2.C3H6O2/c20-16-12-3-1-2-4-13(12)17(21)15-9-11(5-6-14(15)16)19-8-7-18-10-19;1-2-5-3-4/h1-10H;3H,2H2,1H3. The van der Waals surface area contributed by atoms with Crippen LogP contribution in [-0.4, -0.2) is 34.2 Å². The van der Waals surface area contributed by atoms with Gasteiger partial charge in [0.2, 0.25) is 0 Å². The number of rotatable bonds is 3. The highest BCUT2D eigenvalue weighted by Gasteiger charge is 2.29. The molecule has 0 atom stereocenters. The van der Waals surface area contributed by atoms with E-state index in [1.807, 2.05) is 6.07 Å². The van der Waals surface area contributed by atoms with Crippen molar-refractivity contribution in [1.82, 2.24) is 9.55 Å². The fraction of sp³-hybridized carbons (Fsp3) is 0.100.